The first-order valence-corrected chi connectivity index (χ1v) is 16.3. The van der Waals surface area contributed by atoms with Crippen molar-refractivity contribution >= 4 is 0 Å². The summed E-state index contributed by atoms with van der Waals surface area (Å²) >= 11 is 0. The third-order valence-electron chi connectivity index (χ3n) is 11.7. The minimum absolute atomic E-state index is 0.107. The van der Waals surface area contributed by atoms with E-state index in [1.54, 1.807) is 9.36 Å². The maximum atomic E-state index is 14.2. The molecule has 1 N–H and O–H groups in total. The van der Waals surface area contributed by atoms with Crippen LogP contribution < -0.4 is 11.4 Å². The average Bonchev–Trinajstić information content (AvgIpc) is 3.46. The molecule has 1 aliphatic heterocycles. The zero-order valence-corrected chi connectivity index (χ0v) is 26.3. The Bertz CT molecular complexity index is 1540. The van der Waals surface area contributed by atoms with Crippen LogP contribution in [0.5, 0.6) is 0 Å². The van der Waals surface area contributed by atoms with Gasteiger partial charge in [-0.15, -0.1) is 0 Å². The van der Waals surface area contributed by atoms with Gasteiger partial charge in [-0.05, 0) is 110 Å². The highest BCUT2D eigenvalue weighted by Gasteiger charge is 2.55. The van der Waals surface area contributed by atoms with Gasteiger partial charge in [0, 0.05) is 0 Å². The summed E-state index contributed by atoms with van der Waals surface area (Å²) in [5.74, 6) is 2.67. The number of hydrogen-bond acceptors (Lipinski definition) is 3. The molecule has 6 nitrogen and oxygen atoms in total. The number of aromatic nitrogens is 3. The summed E-state index contributed by atoms with van der Waals surface area (Å²) in [6.07, 6.45) is 13.1. The van der Waals surface area contributed by atoms with Crippen molar-refractivity contribution in [2.24, 2.45) is 35.0 Å². The quantitative estimate of drug-likeness (QED) is 0.380. The SMILES string of the molecule is CC1=C(C2C=C3C(CC[C@]4(C)[C@@H]([C@H](C)/C=C/[C@H](C)C(C)C)CC[C@@H]34)n3c(=O)n(-c4ccccc4)c(=O)n32)C[C@@H](O)CC1. The first-order valence-electron chi connectivity index (χ1n) is 16.3. The third kappa shape index (κ3) is 4.65. The molecule has 0 radical (unpaired) electrons. The summed E-state index contributed by atoms with van der Waals surface area (Å²) in [6.45, 7) is 13.9. The molecule has 1 aromatic carbocycles. The van der Waals surface area contributed by atoms with Gasteiger partial charge in [-0.3, -0.25) is 0 Å². The molecule has 0 bridgehead atoms. The number of aliphatic hydroxyl groups excluding tert-OH is 1. The molecule has 2 fully saturated rings. The summed E-state index contributed by atoms with van der Waals surface area (Å²) in [5.41, 5.74) is 3.90. The second-order valence-electron chi connectivity index (χ2n) is 14.4. The third-order valence-corrected chi connectivity index (χ3v) is 11.7. The average molecular weight is 572 g/mol. The summed E-state index contributed by atoms with van der Waals surface area (Å²) in [6, 6.07) is 8.86. The monoisotopic (exact) mass is 571 g/mol. The molecule has 2 heterocycles. The summed E-state index contributed by atoms with van der Waals surface area (Å²) in [4.78, 5) is 28.4. The second kappa shape index (κ2) is 11.0. The molecule has 42 heavy (non-hydrogen) atoms. The van der Waals surface area contributed by atoms with Gasteiger partial charge in [0.2, 0.25) is 0 Å². The van der Waals surface area contributed by atoms with Crippen LogP contribution in [0.4, 0.5) is 0 Å². The highest BCUT2D eigenvalue weighted by atomic mass is 16.3. The Morgan fingerprint density at radius 3 is 2.38 bits per heavy atom. The van der Waals surface area contributed by atoms with Crippen molar-refractivity contribution in [1.29, 1.82) is 0 Å². The predicted octanol–water partition coefficient (Wildman–Crippen LogP) is 6.99. The van der Waals surface area contributed by atoms with E-state index in [1.165, 1.54) is 22.1 Å². The van der Waals surface area contributed by atoms with Crippen LogP contribution in [0.25, 0.3) is 5.69 Å². The highest BCUT2D eigenvalue weighted by molar-refractivity contribution is 5.36. The van der Waals surface area contributed by atoms with Crippen LogP contribution in [0.3, 0.4) is 0 Å². The fourth-order valence-corrected chi connectivity index (χ4v) is 8.83. The smallest absolute Gasteiger partial charge is 0.352 e. The van der Waals surface area contributed by atoms with Crippen molar-refractivity contribution in [2.75, 3.05) is 0 Å². The Morgan fingerprint density at radius 1 is 0.952 bits per heavy atom. The molecule has 2 unspecified atom stereocenters. The lowest BCUT2D eigenvalue weighted by molar-refractivity contribution is 0.0840. The number of hydrogen-bond donors (Lipinski definition) is 1. The van der Waals surface area contributed by atoms with Crippen LogP contribution in [0, 0.1) is 35.0 Å². The fourth-order valence-electron chi connectivity index (χ4n) is 8.83. The van der Waals surface area contributed by atoms with Gasteiger partial charge in [-0.25, -0.2) is 23.5 Å². The maximum Gasteiger partial charge on any atom is 0.352 e. The molecule has 2 saturated carbocycles. The van der Waals surface area contributed by atoms with Crippen LogP contribution in [0.2, 0.25) is 0 Å². The van der Waals surface area contributed by atoms with E-state index in [-0.39, 0.29) is 28.9 Å². The zero-order chi connectivity index (χ0) is 29.9. The van der Waals surface area contributed by atoms with E-state index in [0.29, 0.717) is 41.7 Å². The van der Waals surface area contributed by atoms with Crippen LogP contribution in [0.15, 0.2) is 74.9 Å². The van der Waals surface area contributed by atoms with E-state index in [4.69, 9.17) is 0 Å². The van der Waals surface area contributed by atoms with E-state index in [9.17, 15) is 14.7 Å². The van der Waals surface area contributed by atoms with Gasteiger partial charge in [-0.2, -0.15) is 0 Å². The summed E-state index contributed by atoms with van der Waals surface area (Å²) in [7, 11) is 0. The minimum atomic E-state index is -0.416. The van der Waals surface area contributed by atoms with Crippen molar-refractivity contribution in [3.63, 3.8) is 0 Å². The fraction of sp³-hybridized carbons (Fsp3) is 0.611. The first kappa shape index (κ1) is 29.2. The molecule has 0 saturated heterocycles. The van der Waals surface area contributed by atoms with Gasteiger partial charge < -0.3 is 5.11 Å². The van der Waals surface area contributed by atoms with Crippen molar-refractivity contribution in [1.82, 2.24) is 13.9 Å². The molecule has 4 aliphatic rings. The number of rotatable bonds is 6. The summed E-state index contributed by atoms with van der Waals surface area (Å²) < 4.78 is 4.89. The molecular weight excluding hydrogens is 522 g/mol. The molecule has 0 amide bonds. The van der Waals surface area contributed by atoms with Gasteiger partial charge >= 0.3 is 11.4 Å². The second-order valence-corrected chi connectivity index (χ2v) is 14.4. The van der Waals surface area contributed by atoms with Crippen LogP contribution in [0.1, 0.15) is 98.6 Å². The largest absolute Gasteiger partial charge is 0.393 e. The minimum Gasteiger partial charge on any atom is -0.393 e. The number of benzene rings is 1. The normalized spacial score (nSPS) is 32.5. The molecule has 6 rings (SSSR count). The Morgan fingerprint density at radius 2 is 1.67 bits per heavy atom. The van der Waals surface area contributed by atoms with Crippen LogP contribution >= 0.6 is 0 Å². The molecule has 0 spiro atoms. The Hall–Kier alpha value is -2.86. The lowest BCUT2D eigenvalue weighted by Gasteiger charge is -2.49. The predicted molar refractivity (Wildman–Crippen MR) is 169 cm³/mol. The maximum absolute atomic E-state index is 14.2. The van der Waals surface area contributed by atoms with E-state index in [2.05, 4.69) is 59.8 Å². The summed E-state index contributed by atoms with van der Waals surface area (Å²) in [5, 5.41) is 10.7. The van der Waals surface area contributed by atoms with E-state index >= 15 is 0 Å². The van der Waals surface area contributed by atoms with Crippen molar-refractivity contribution < 1.29 is 5.11 Å². The van der Waals surface area contributed by atoms with E-state index in [1.807, 2.05) is 30.3 Å². The molecule has 226 valence electrons. The Labute approximate surface area is 250 Å². The standard InChI is InChI=1S/C36H49N3O3/c1-22(2)23(3)12-13-25(5)30-16-17-31-29-21-33(28-20-27(40)15-14-24(28)4)39-35(42)37(26-10-8-7-9-11-26)34(41)38(39)32(29)18-19-36(30,31)6/h7-13,21-23,25,27,30-33,40H,14-20H2,1-6H3/b13-12+/t23-,25+,27-,30+,31-,32?,33?,36+/m0/s1. The number of aliphatic hydroxyl groups is 1. The number of fused-ring (bicyclic) bond motifs is 5. The molecule has 6 heteroatoms. The van der Waals surface area contributed by atoms with Gasteiger partial charge in [0.25, 0.3) is 0 Å². The van der Waals surface area contributed by atoms with Gasteiger partial charge in [0.15, 0.2) is 0 Å². The van der Waals surface area contributed by atoms with Gasteiger partial charge in [0.1, 0.15) is 0 Å². The lowest BCUT2D eigenvalue weighted by atomic mass is 9.59. The van der Waals surface area contributed by atoms with Crippen molar-refractivity contribution in [3.05, 3.63) is 86.2 Å². The van der Waals surface area contributed by atoms with Gasteiger partial charge in [-0.1, -0.05) is 76.6 Å². The van der Waals surface area contributed by atoms with Crippen molar-refractivity contribution in [2.45, 2.75) is 105 Å². The first-order chi connectivity index (χ1) is 20.0. The number of nitrogens with zero attached hydrogens (tertiary/aromatic N) is 3. The lowest BCUT2D eigenvalue weighted by Crippen LogP contribution is -2.46. The van der Waals surface area contributed by atoms with Crippen LogP contribution in [-0.2, 0) is 0 Å². The molecule has 1 aromatic heterocycles. The molecular formula is C36H49N3O3. The topological polar surface area (TPSA) is 69.2 Å². The van der Waals surface area contributed by atoms with Crippen LogP contribution in [-0.4, -0.2) is 25.1 Å². The van der Waals surface area contributed by atoms with E-state index < -0.39 is 6.10 Å². The van der Waals surface area contributed by atoms with Gasteiger partial charge in [0.05, 0.1) is 23.9 Å². The van der Waals surface area contributed by atoms with E-state index in [0.717, 1.165) is 37.7 Å². The number of para-hydroxylation sites is 1. The van der Waals surface area contributed by atoms with Crippen molar-refractivity contribution in [3.8, 4) is 5.69 Å². The molecule has 8 atom stereocenters. The highest BCUT2D eigenvalue weighted by Crippen LogP contribution is 2.62. The molecule has 3 aliphatic carbocycles. The molecule has 2 aromatic rings. The number of allylic oxidation sites excluding steroid dienone is 5. The Balaban J connectivity index is 1.45. The Kier molecular flexibility index (Phi) is 7.66. The zero-order valence-electron chi connectivity index (χ0n) is 26.3.